The van der Waals surface area contributed by atoms with E-state index in [0.717, 1.165) is 38.9 Å². The Kier molecular flexibility index (Phi) is 3.79. The zero-order chi connectivity index (χ0) is 15.0. The standard InChI is InChI=1S/C13H10ClN3O2S2/c1-6-7(4-10(20-6)13(18)19)5-15-11-8(14)2-3-9-12(11)17-21-16-9/h2-4,15H,5H2,1H3,(H,18,19). The third-order valence-electron chi connectivity index (χ3n) is 3.06. The Hall–Kier alpha value is -1.70. The van der Waals surface area contributed by atoms with Crippen molar-refractivity contribution in [2.45, 2.75) is 13.5 Å². The van der Waals surface area contributed by atoms with Crippen LogP contribution < -0.4 is 5.32 Å². The predicted octanol–water partition coefficient (Wildman–Crippen LogP) is 4.02. The second-order valence-corrected chi connectivity index (χ2v) is 6.60. The molecule has 0 aliphatic carbocycles. The van der Waals surface area contributed by atoms with Crippen LogP contribution >= 0.6 is 34.7 Å². The van der Waals surface area contributed by atoms with Crippen LogP contribution in [0.5, 0.6) is 0 Å². The number of fused-ring (bicyclic) bond motifs is 1. The van der Waals surface area contributed by atoms with Crippen LogP contribution in [-0.4, -0.2) is 19.8 Å². The Labute approximate surface area is 133 Å². The molecular formula is C13H10ClN3O2S2. The lowest BCUT2D eigenvalue weighted by molar-refractivity contribution is 0.0702. The number of nitrogens with zero attached hydrogens (tertiary/aromatic N) is 2. The van der Waals surface area contributed by atoms with Crippen LogP contribution in [0.3, 0.4) is 0 Å². The van der Waals surface area contributed by atoms with E-state index >= 15 is 0 Å². The largest absolute Gasteiger partial charge is 0.477 e. The minimum Gasteiger partial charge on any atom is -0.477 e. The quantitative estimate of drug-likeness (QED) is 0.750. The van der Waals surface area contributed by atoms with Crippen molar-refractivity contribution >= 4 is 57.4 Å². The van der Waals surface area contributed by atoms with Crippen LogP contribution in [0.4, 0.5) is 5.69 Å². The SMILES string of the molecule is Cc1sc(C(=O)O)cc1CNc1c(Cl)ccc2nsnc12. The molecule has 1 aromatic carbocycles. The zero-order valence-corrected chi connectivity index (χ0v) is 13.3. The van der Waals surface area contributed by atoms with Gasteiger partial charge >= 0.3 is 5.97 Å². The van der Waals surface area contributed by atoms with E-state index in [1.807, 2.05) is 13.0 Å². The third-order valence-corrected chi connectivity index (χ3v) is 5.00. The monoisotopic (exact) mass is 339 g/mol. The highest BCUT2D eigenvalue weighted by atomic mass is 35.5. The molecule has 0 aliphatic rings. The molecule has 108 valence electrons. The summed E-state index contributed by atoms with van der Waals surface area (Å²) in [6.45, 7) is 2.40. The van der Waals surface area contributed by atoms with Crippen molar-refractivity contribution in [2.75, 3.05) is 5.32 Å². The lowest BCUT2D eigenvalue weighted by Gasteiger charge is -2.08. The fraction of sp³-hybridized carbons (Fsp3) is 0.154. The topological polar surface area (TPSA) is 75.1 Å². The molecule has 0 fully saturated rings. The number of aryl methyl sites for hydroxylation is 1. The smallest absolute Gasteiger partial charge is 0.345 e. The molecule has 0 amide bonds. The molecule has 5 nitrogen and oxygen atoms in total. The number of aromatic carboxylic acids is 1. The lowest BCUT2D eigenvalue weighted by atomic mass is 10.2. The summed E-state index contributed by atoms with van der Waals surface area (Å²) in [6, 6.07) is 5.28. The van der Waals surface area contributed by atoms with E-state index in [2.05, 4.69) is 14.1 Å². The first kappa shape index (κ1) is 14.2. The van der Waals surface area contributed by atoms with E-state index in [9.17, 15) is 4.79 Å². The van der Waals surface area contributed by atoms with Crippen LogP contribution in [-0.2, 0) is 6.54 Å². The van der Waals surface area contributed by atoms with Gasteiger partial charge in [0.1, 0.15) is 15.9 Å². The average molecular weight is 340 g/mol. The maximum atomic E-state index is 11.0. The van der Waals surface area contributed by atoms with Gasteiger partial charge in [0.25, 0.3) is 0 Å². The van der Waals surface area contributed by atoms with E-state index in [1.54, 1.807) is 12.1 Å². The lowest BCUT2D eigenvalue weighted by Crippen LogP contribution is -2.01. The molecule has 0 radical (unpaired) electrons. The molecule has 2 heterocycles. The summed E-state index contributed by atoms with van der Waals surface area (Å²) in [5.74, 6) is -0.904. The summed E-state index contributed by atoms with van der Waals surface area (Å²) >= 11 is 8.61. The van der Waals surface area contributed by atoms with Crippen LogP contribution in [0.1, 0.15) is 20.1 Å². The first-order valence-electron chi connectivity index (χ1n) is 6.03. The van der Waals surface area contributed by atoms with Crippen LogP contribution in [0, 0.1) is 6.92 Å². The Bertz CT molecular complexity index is 828. The zero-order valence-electron chi connectivity index (χ0n) is 10.9. The summed E-state index contributed by atoms with van der Waals surface area (Å²) in [5, 5.41) is 12.8. The summed E-state index contributed by atoms with van der Waals surface area (Å²) in [7, 11) is 0. The fourth-order valence-electron chi connectivity index (χ4n) is 1.98. The maximum Gasteiger partial charge on any atom is 0.345 e. The van der Waals surface area contributed by atoms with Crippen molar-refractivity contribution in [1.29, 1.82) is 0 Å². The molecule has 3 aromatic rings. The van der Waals surface area contributed by atoms with Gasteiger partial charge in [-0.2, -0.15) is 8.75 Å². The van der Waals surface area contributed by atoms with Gasteiger partial charge in [-0.05, 0) is 30.7 Å². The van der Waals surface area contributed by atoms with E-state index in [-0.39, 0.29) is 0 Å². The van der Waals surface area contributed by atoms with Crippen molar-refractivity contribution in [3.05, 3.63) is 38.5 Å². The van der Waals surface area contributed by atoms with Gasteiger partial charge in [0.15, 0.2) is 0 Å². The number of carbonyl (C=O) groups is 1. The van der Waals surface area contributed by atoms with E-state index in [4.69, 9.17) is 16.7 Å². The molecule has 0 atom stereocenters. The summed E-state index contributed by atoms with van der Waals surface area (Å²) in [5.41, 5.74) is 3.19. The number of hydrogen-bond acceptors (Lipinski definition) is 6. The highest BCUT2D eigenvalue weighted by Gasteiger charge is 2.13. The van der Waals surface area contributed by atoms with E-state index in [0.29, 0.717) is 16.4 Å². The fourth-order valence-corrected chi connectivity index (χ4v) is 3.62. The van der Waals surface area contributed by atoms with Gasteiger partial charge < -0.3 is 10.4 Å². The first-order chi connectivity index (χ1) is 10.1. The molecule has 0 unspecified atom stereocenters. The van der Waals surface area contributed by atoms with Crippen LogP contribution in [0.25, 0.3) is 11.0 Å². The molecule has 3 rings (SSSR count). The average Bonchev–Trinajstić information content (AvgIpc) is 3.04. The number of halogens is 1. The minimum absolute atomic E-state index is 0.337. The maximum absolute atomic E-state index is 11.0. The molecule has 21 heavy (non-hydrogen) atoms. The number of carboxylic acids is 1. The van der Waals surface area contributed by atoms with Crippen molar-refractivity contribution in [2.24, 2.45) is 0 Å². The van der Waals surface area contributed by atoms with Gasteiger partial charge in [-0.25, -0.2) is 4.79 Å². The Morgan fingerprint density at radius 1 is 1.43 bits per heavy atom. The van der Waals surface area contributed by atoms with E-state index in [1.165, 1.54) is 11.3 Å². The Morgan fingerprint density at radius 3 is 2.95 bits per heavy atom. The normalized spacial score (nSPS) is 11.0. The second-order valence-electron chi connectivity index (χ2n) is 4.41. The summed E-state index contributed by atoms with van der Waals surface area (Å²) < 4.78 is 8.42. The molecule has 0 saturated heterocycles. The predicted molar refractivity (Wildman–Crippen MR) is 85.8 cm³/mol. The van der Waals surface area contributed by atoms with Gasteiger partial charge in [-0.3, -0.25) is 0 Å². The molecular weight excluding hydrogens is 330 g/mol. The van der Waals surface area contributed by atoms with Gasteiger partial charge in [-0.15, -0.1) is 11.3 Å². The number of anilines is 1. The summed E-state index contributed by atoms with van der Waals surface area (Å²) in [6.07, 6.45) is 0. The number of thiophene rings is 1. The molecule has 0 bridgehead atoms. The number of nitrogens with one attached hydrogen (secondary N) is 1. The number of hydrogen-bond donors (Lipinski definition) is 2. The van der Waals surface area contributed by atoms with Crippen LogP contribution in [0.15, 0.2) is 18.2 Å². The molecule has 2 aromatic heterocycles. The Morgan fingerprint density at radius 2 is 2.24 bits per heavy atom. The number of carboxylic acid groups (broad SMARTS) is 1. The van der Waals surface area contributed by atoms with Crippen LogP contribution in [0.2, 0.25) is 5.02 Å². The highest BCUT2D eigenvalue weighted by Crippen LogP contribution is 2.31. The molecule has 2 N–H and O–H groups in total. The van der Waals surface area contributed by atoms with Gasteiger partial charge in [-0.1, -0.05) is 11.6 Å². The number of aromatic nitrogens is 2. The summed E-state index contributed by atoms with van der Waals surface area (Å²) in [4.78, 5) is 12.3. The van der Waals surface area contributed by atoms with Crippen molar-refractivity contribution in [1.82, 2.24) is 8.75 Å². The van der Waals surface area contributed by atoms with Crippen molar-refractivity contribution in [3.8, 4) is 0 Å². The molecule has 0 saturated carbocycles. The first-order valence-corrected chi connectivity index (χ1v) is 7.96. The Balaban J connectivity index is 1.88. The van der Waals surface area contributed by atoms with E-state index < -0.39 is 5.97 Å². The number of rotatable bonds is 4. The van der Waals surface area contributed by atoms with Gasteiger partial charge in [0, 0.05) is 11.4 Å². The van der Waals surface area contributed by atoms with Crippen molar-refractivity contribution in [3.63, 3.8) is 0 Å². The van der Waals surface area contributed by atoms with Gasteiger partial charge in [0.2, 0.25) is 0 Å². The second kappa shape index (κ2) is 5.59. The third kappa shape index (κ3) is 2.72. The minimum atomic E-state index is -0.904. The van der Waals surface area contributed by atoms with Crippen molar-refractivity contribution < 1.29 is 9.90 Å². The van der Waals surface area contributed by atoms with Gasteiger partial charge in [0.05, 0.1) is 22.4 Å². The molecule has 0 aliphatic heterocycles. The molecule has 0 spiro atoms. The number of benzene rings is 1. The molecule has 8 heteroatoms. The highest BCUT2D eigenvalue weighted by molar-refractivity contribution is 7.14.